The lowest BCUT2D eigenvalue weighted by Crippen LogP contribution is -2.44. The van der Waals surface area contributed by atoms with Crippen molar-refractivity contribution in [1.29, 1.82) is 0 Å². The molecular formula is C23H23N3O4. The number of amides is 4. The molecule has 2 aliphatic rings. The van der Waals surface area contributed by atoms with Crippen molar-refractivity contribution in [1.82, 2.24) is 14.7 Å². The summed E-state index contributed by atoms with van der Waals surface area (Å²) in [5.41, 5.74) is 2.26. The fourth-order valence-corrected chi connectivity index (χ4v) is 3.97. The second-order valence-corrected chi connectivity index (χ2v) is 7.58. The van der Waals surface area contributed by atoms with Crippen LogP contribution in [0.2, 0.25) is 0 Å². The third kappa shape index (κ3) is 3.58. The van der Waals surface area contributed by atoms with Crippen LogP contribution in [0.25, 0.3) is 0 Å². The van der Waals surface area contributed by atoms with E-state index in [0.717, 1.165) is 10.5 Å². The molecular weight excluding hydrogens is 382 g/mol. The molecule has 0 radical (unpaired) electrons. The minimum absolute atomic E-state index is 0.0391. The molecule has 2 aliphatic heterocycles. The van der Waals surface area contributed by atoms with Crippen molar-refractivity contribution < 1.29 is 19.2 Å². The molecule has 2 heterocycles. The number of carbonyl (C=O) groups is 4. The second-order valence-electron chi connectivity index (χ2n) is 7.58. The number of hydrogen-bond acceptors (Lipinski definition) is 4. The fraction of sp³-hybridized carbons (Fsp3) is 0.304. The normalized spacial score (nSPS) is 16.5. The summed E-state index contributed by atoms with van der Waals surface area (Å²) in [6.07, 6.45) is 0.644. The second kappa shape index (κ2) is 8.10. The van der Waals surface area contributed by atoms with Crippen LogP contribution in [0, 0.1) is 6.92 Å². The van der Waals surface area contributed by atoms with E-state index in [0.29, 0.717) is 49.3 Å². The highest BCUT2D eigenvalue weighted by Gasteiger charge is 2.37. The third-order valence-electron chi connectivity index (χ3n) is 5.68. The van der Waals surface area contributed by atoms with Crippen molar-refractivity contribution in [3.05, 3.63) is 70.8 Å². The Hall–Kier alpha value is -3.48. The largest absolute Gasteiger partial charge is 0.339 e. The molecule has 4 rings (SSSR count). The molecule has 30 heavy (non-hydrogen) atoms. The first-order valence-corrected chi connectivity index (χ1v) is 10.1. The van der Waals surface area contributed by atoms with Gasteiger partial charge in [-0.05, 0) is 37.1 Å². The molecule has 0 spiro atoms. The van der Waals surface area contributed by atoms with E-state index in [9.17, 15) is 19.2 Å². The van der Waals surface area contributed by atoms with Gasteiger partial charge in [-0.25, -0.2) is 0 Å². The minimum Gasteiger partial charge on any atom is -0.339 e. The Balaban J connectivity index is 1.40. The van der Waals surface area contributed by atoms with Gasteiger partial charge in [0, 0.05) is 31.7 Å². The lowest BCUT2D eigenvalue weighted by molar-refractivity contribution is -0.131. The molecule has 0 unspecified atom stereocenters. The Morgan fingerprint density at radius 1 is 0.800 bits per heavy atom. The van der Waals surface area contributed by atoms with Gasteiger partial charge >= 0.3 is 0 Å². The van der Waals surface area contributed by atoms with Crippen LogP contribution in [0.4, 0.5) is 0 Å². The summed E-state index contributed by atoms with van der Waals surface area (Å²) in [5, 5.41) is 0. The van der Waals surface area contributed by atoms with E-state index in [-0.39, 0.29) is 18.4 Å². The van der Waals surface area contributed by atoms with Gasteiger partial charge in [0.15, 0.2) is 0 Å². The van der Waals surface area contributed by atoms with Crippen LogP contribution in [0.5, 0.6) is 0 Å². The summed E-state index contributed by atoms with van der Waals surface area (Å²) in [7, 11) is 0. The summed E-state index contributed by atoms with van der Waals surface area (Å²) in [4.78, 5) is 55.1. The SMILES string of the molecule is Cc1ccccc1C(=O)N1CCCN(C(=O)CN2C(=O)c3ccccc3C2=O)CC1. The maximum absolute atomic E-state index is 12.9. The molecule has 0 aliphatic carbocycles. The molecule has 2 aromatic carbocycles. The van der Waals surface area contributed by atoms with Crippen molar-refractivity contribution in [3.8, 4) is 0 Å². The summed E-state index contributed by atoms with van der Waals surface area (Å²) >= 11 is 0. The molecule has 0 N–H and O–H groups in total. The first-order chi connectivity index (χ1) is 14.5. The predicted molar refractivity (Wildman–Crippen MR) is 110 cm³/mol. The van der Waals surface area contributed by atoms with E-state index >= 15 is 0 Å². The van der Waals surface area contributed by atoms with Crippen molar-refractivity contribution >= 4 is 23.6 Å². The molecule has 154 valence electrons. The van der Waals surface area contributed by atoms with Gasteiger partial charge in [-0.2, -0.15) is 0 Å². The number of fused-ring (bicyclic) bond motifs is 1. The van der Waals surface area contributed by atoms with Crippen LogP contribution < -0.4 is 0 Å². The van der Waals surface area contributed by atoms with Crippen molar-refractivity contribution in [2.45, 2.75) is 13.3 Å². The average molecular weight is 405 g/mol. The lowest BCUT2D eigenvalue weighted by Gasteiger charge is -2.24. The average Bonchev–Trinajstić information content (AvgIpc) is 2.93. The van der Waals surface area contributed by atoms with E-state index in [1.54, 1.807) is 34.1 Å². The summed E-state index contributed by atoms with van der Waals surface area (Å²) in [5.74, 6) is -1.19. The lowest BCUT2D eigenvalue weighted by atomic mass is 10.1. The standard InChI is InChI=1S/C23H23N3O4/c1-16-7-2-3-8-17(16)21(28)25-12-6-11-24(13-14-25)20(27)15-26-22(29)18-9-4-5-10-19(18)23(26)30/h2-5,7-10H,6,11-15H2,1H3. The maximum atomic E-state index is 12.9. The topological polar surface area (TPSA) is 78.0 Å². The Kier molecular flexibility index (Phi) is 5.35. The molecule has 0 atom stereocenters. The van der Waals surface area contributed by atoms with Gasteiger partial charge < -0.3 is 9.80 Å². The molecule has 2 aromatic rings. The van der Waals surface area contributed by atoms with Crippen LogP contribution in [-0.4, -0.2) is 71.1 Å². The molecule has 0 aromatic heterocycles. The van der Waals surface area contributed by atoms with Crippen LogP contribution in [0.1, 0.15) is 43.1 Å². The van der Waals surface area contributed by atoms with Crippen LogP contribution in [0.3, 0.4) is 0 Å². The number of benzene rings is 2. The highest BCUT2D eigenvalue weighted by Crippen LogP contribution is 2.22. The van der Waals surface area contributed by atoms with Gasteiger partial charge in [-0.15, -0.1) is 0 Å². The first kappa shape index (κ1) is 19.8. The smallest absolute Gasteiger partial charge is 0.262 e. The van der Waals surface area contributed by atoms with Crippen LogP contribution in [0.15, 0.2) is 48.5 Å². The van der Waals surface area contributed by atoms with Gasteiger partial charge in [-0.3, -0.25) is 24.1 Å². The van der Waals surface area contributed by atoms with E-state index < -0.39 is 11.8 Å². The maximum Gasteiger partial charge on any atom is 0.262 e. The van der Waals surface area contributed by atoms with Gasteiger partial charge in [0.25, 0.3) is 17.7 Å². The molecule has 0 bridgehead atoms. The zero-order chi connectivity index (χ0) is 21.3. The molecule has 1 fully saturated rings. The summed E-state index contributed by atoms with van der Waals surface area (Å²) < 4.78 is 0. The van der Waals surface area contributed by atoms with Gasteiger partial charge in [0.1, 0.15) is 6.54 Å². The van der Waals surface area contributed by atoms with Crippen molar-refractivity contribution in [2.24, 2.45) is 0 Å². The number of rotatable bonds is 3. The number of imide groups is 1. The number of nitrogens with zero attached hydrogens (tertiary/aromatic N) is 3. The fourth-order valence-electron chi connectivity index (χ4n) is 3.97. The Bertz CT molecular complexity index is 998. The molecule has 0 saturated carbocycles. The molecule has 7 heteroatoms. The minimum atomic E-state index is -0.435. The quantitative estimate of drug-likeness (QED) is 0.732. The summed E-state index contributed by atoms with van der Waals surface area (Å²) in [6, 6.07) is 14.1. The van der Waals surface area contributed by atoms with Crippen LogP contribution in [-0.2, 0) is 4.79 Å². The number of hydrogen-bond donors (Lipinski definition) is 0. The van der Waals surface area contributed by atoms with Gasteiger partial charge in [-0.1, -0.05) is 30.3 Å². The Labute approximate surface area is 174 Å². The van der Waals surface area contributed by atoms with E-state index in [2.05, 4.69) is 0 Å². The highest BCUT2D eigenvalue weighted by atomic mass is 16.2. The molecule has 4 amide bonds. The van der Waals surface area contributed by atoms with Gasteiger partial charge in [0.2, 0.25) is 5.91 Å². The van der Waals surface area contributed by atoms with Crippen molar-refractivity contribution in [3.63, 3.8) is 0 Å². The molecule has 1 saturated heterocycles. The number of carbonyl (C=O) groups excluding carboxylic acids is 4. The zero-order valence-electron chi connectivity index (χ0n) is 16.8. The van der Waals surface area contributed by atoms with E-state index in [1.165, 1.54) is 0 Å². The zero-order valence-corrected chi connectivity index (χ0v) is 16.8. The van der Waals surface area contributed by atoms with E-state index in [4.69, 9.17) is 0 Å². The highest BCUT2D eigenvalue weighted by molar-refractivity contribution is 6.22. The predicted octanol–water partition coefficient (Wildman–Crippen LogP) is 1.97. The summed E-state index contributed by atoms with van der Waals surface area (Å²) in [6.45, 7) is 3.46. The van der Waals surface area contributed by atoms with E-state index in [1.807, 2.05) is 31.2 Å². The molecule has 7 nitrogen and oxygen atoms in total. The van der Waals surface area contributed by atoms with Crippen molar-refractivity contribution in [2.75, 3.05) is 32.7 Å². The van der Waals surface area contributed by atoms with Crippen LogP contribution >= 0.6 is 0 Å². The third-order valence-corrected chi connectivity index (χ3v) is 5.68. The Morgan fingerprint density at radius 2 is 1.37 bits per heavy atom. The van der Waals surface area contributed by atoms with Gasteiger partial charge in [0.05, 0.1) is 11.1 Å². The first-order valence-electron chi connectivity index (χ1n) is 10.1. The number of aryl methyl sites for hydroxylation is 1. The Morgan fingerprint density at radius 3 is 2.03 bits per heavy atom. The monoisotopic (exact) mass is 405 g/mol.